The second-order valence-electron chi connectivity index (χ2n) is 2.68. The van der Waals surface area contributed by atoms with Crippen molar-refractivity contribution in [2.75, 3.05) is 6.26 Å². The Hall–Kier alpha value is -0.540. The van der Waals surface area contributed by atoms with Crippen LogP contribution in [0.4, 0.5) is 0 Å². The van der Waals surface area contributed by atoms with E-state index in [1.165, 1.54) is 5.56 Å². The second-order valence-corrected chi connectivity index (χ2v) is 3.55. The summed E-state index contributed by atoms with van der Waals surface area (Å²) in [6, 6.07) is 4.11. The molecule has 1 rings (SSSR count). The Morgan fingerprint density at radius 2 is 2.25 bits per heavy atom. The molecule has 1 aromatic heterocycles. The van der Waals surface area contributed by atoms with Crippen LogP contribution in [-0.4, -0.2) is 11.2 Å². The van der Waals surface area contributed by atoms with Gasteiger partial charge in [0.25, 0.3) is 0 Å². The molecule has 0 aliphatic carbocycles. The van der Waals surface area contributed by atoms with Crippen molar-refractivity contribution in [1.82, 2.24) is 4.98 Å². The first kappa shape index (κ1) is 9.55. The average Bonchev–Trinajstić information content (AvgIpc) is 2.09. The lowest BCUT2D eigenvalue weighted by molar-refractivity contribution is 0.958. The van der Waals surface area contributed by atoms with Crippen LogP contribution < -0.4 is 5.73 Å². The minimum absolute atomic E-state index is 0.528. The SMILES string of the molecule is CSCc1ccc(CN)nc1C. The van der Waals surface area contributed by atoms with Crippen LogP contribution in [0, 0.1) is 6.92 Å². The maximum Gasteiger partial charge on any atom is 0.0542 e. The van der Waals surface area contributed by atoms with Crippen LogP contribution in [0.3, 0.4) is 0 Å². The minimum atomic E-state index is 0.528. The van der Waals surface area contributed by atoms with Gasteiger partial charge in [-0.2, -0.15) is 11.8 Å². The largest absolute Gasteiger partial charge is 0.325 e. The molecule has 1 aromatic rings. The molecule has 2 nitrogen and oxygen atoms in total. The summed E-state index contributed by atoms with van der Waals surface area (Å²) in [5.74, 6) is 1.03. The topological polar surface area (TPSA) is 38.9 Å². The first-order chi connectivity index (χ1) is 5.77. The quantitative estimate of drug-likeness (QED) is 0.773. The van der Waals surface area contributed by atoms with Gasteiger partial charge in [0.15, 0.2) is 0 Å². The number of nitrogens with zero attached hydrogens (tertiary/aromatic N) is 1. The number of aromatic nitrogens is 1. The van der Waals surface area contributed by atoms with Crippen molar-refractivity contribution in [3.05, 3.63) is 29.1 Å². The van der Waals surface area contributed by atoms with Gasteiger partial charge in [-0.3, -0.25) is 4.98 Å². The van der Waals surface area contributed by atoms with E-state index >= 15 is 0 Å². The Labute approximate surface area is 77.6 Å². The van der Waals surface area contributed by atoms with Crippen molar-refractivity contribution >= 4 is 11.8 Å². The van der Waals surface area contributed by atoms with Gasteiger partial charge in [0.1, 0.15) is 0 Å². The molecule has 0 aliphatic rings. The van der Waals surface area contributed by atoms with Crippen LogP contribution in [0.5, 0.6) is 0 Å². The molecule has 0 saturated carbocycles. The number of nitrogens with two attached hydrogens (primary N) is 1. The van der Waals surface area contributed by atoms with Gasteiger partial charge in [0.2, 0.25) is 0 Å². The predicted octanol–water partition coefficient (Wildman–Crippen LogP) is 1.71. The van der Waals surface area contributed by atoms with Gasteiger partial charge in [-0.05, 0) is 24.8 Å². The maximum absolute atomic E-state index is 5.48. The Kier molecular flexibility index (Phi) is 3.56. The zero-order valence-corrected chi connectivity index (χ0v) is 8.32. The Bertz CT molecular complexity index is 261. The number of pyridine rings is 1. The monoisotopic (exact) mass is 182 g/mol. The molecule has 3 heteroatoms. The van der Waals surface area contributed by atoms with E-state index in [-0.39, 0.29) is 0 Å². The highest BCUT2D eigenvalue weighted by Crippen LogP contribution is 2.12. The Balaban J connectivity index is 2.87. The second kappa shape index (κ2) is 4.48. The highest BCUT2D eigenvalue weighted by molar-refractivity contribution is 7.97. The highest BCUT2D eigenvalue weighted by Gasteiger charge is 1.99. The summed E-state index contributed by atoms with van der Waals surface area (Å²) in [5, 5.41) is 0. The molecule has 0 aromatic carbocycles. The van der Waals surface area contributed by atoms with E-state index in [1.807, 2.05) is 24.8 Å². The molecule has 66 valence electrons. The normalized spacial score (nSPS) is 10.2. The van der Waals surface area contributed by atoms with E-state index in [4.69, 9.17) is 5.73 Å². The third kappa shape index (κ3) is 2.22. The third-order valence-electron chi connectivity index (χ3n) is 1.76. The molecule has 0 atom stereocenters. The smallest absolute Gasteiger partial charge is 0.0542 e. The van der Waals surface area contributed by atoms with Gasteiger partial charge in [-0.15, -0.1) is 0 Å². The lowest BCUT2D eigenvalue weighted by Crippen LogP contribution is -2.02. The van der Waals surface area contributed by atoms with Crippen LogP contribution >= 0.6 is 11.8 Å². The molecule has 12 heavy (non-hydrogen) atoms. The molecule has 0 fully saturated rings. The highest BCUT2D eigenvalue weighted by atomic mass is 32.2. The molecule has 0 amide bonds. The first-order valence-corrected chi connectivity index (χ1v) is 5.31. The Morgan fingerprint density at radius 3 is 2.75 bits per heavy atom. The van der Waals surface area contributed by atoms with Gasteiger partial charge in [0, 0.05) is 18.0 Å². The maximum atomic E-state index is 5.48. The first-order valence-electron chi connectivity index (χ1n) is 3.92. The van der Waals surface area contributed by atoms with Crippen molar-refractivity contribution in [3.63, 3.8) is 0 Å². The van der Waals surface area contributed by atoms with E-state index in [0.29, 0.717) is 6.54 Å². The van der Waals surface area contributed by atoms with Crippen LogP contribution in [0.2, 0.25) is 0 Å². The predicted molar refractivity (Wildman–Crippen MR) is 54.1 cm³/mol. The molecule has 0 spiro atoms. The van der Waals surface area contributed by atoms with Gasteiger partial charge < -0.3 is 5.73 Å². The number of hydrogen-bond acceptors (Lipinski definition) is 3. The van der Waals surface area contributed by atoms with Gasteiger partial charge in [0.05, 0.1) is 5.69 Å². The number of hydrogen-bond donors (Lipinski definition) is 1. The minimum Gasteiger partial charge on any atom is -0.325 e. The fraction of sp³-hybridized carbons (Fsp3) is 0.444. The lowest BCUT2D eigenvalue weighted by Gasteiger charge is -2.04. The van der Waals surface area contributed by atoms with E-state index in [9.17, 15) is 0 Å². The van der Waals surface area contributed by atoms with Crippen LogP contribution in [0.25, 0.3) is 0 Å². The lowest BCUT2D eigenvalue weighted by atomic mass is 10.2. The van der Waals surface area contributed by atoms with E-state index in [0.717, 1.165) is 17.1 Å². The molecule has 0 saturated heterocycles. The fourth-order valence-electron chi connectivity index (χ4n) is 1.06. The number of aryl methyl sites for hydroxylation is 1. The zero-order valence-electron chi connectivity index (χ0n) is 7.50. The van der Waals surface area contributed by atoms with Crippen molar-refractivity contribution in [2.45, 2.75) is 19.2 Å². The summed E-state index contributed by atoms with van der Waals surface area (Å²) in [5.41, 5.74) is 8.85. The molecule has 0 aliphatic heterocycles. The summed E-state index contributed by atoms with van der Waals surface area (Å²) in [6.45, 7) is 2.56. The third-order valence-corrected chi connectivity index (χ3v) is 2.36. The summed E-state index contributed by atoms with van der Waals surface area (Å²) < 4.78 is 0. The Morgan fingerprint density at radius 1 is 1.50 bits per heavy atom. The molecule has 0 unspecified atom stereocenters. The van der Waals surface area contributed by atoms with Crippen molar-refractivity contribution < 1.29 is 0 Å². The van der Waals surface area contributed by atoms with Crippen molar-refractivity contribution in [3.8, 4) is 0 Å². The summed E-state index contributed by atoms with van der Waals surface area (Å²) in [4.78, 5) is 4.37. The standard InChI is InChI=1S/C9H14N2S/c1-7-8(6-12-2)3-4-9(5-10)11-7/h3-4H,5-6,10H2,1-2H3. The molecule has 0 bridgehead atoms. The van der Waals surface area contributed by atoms with Crippen molar-refractivity contribution in [2.24, 2.45) is 5.73 Å². The molecule has 0 radical (unpaired) electrons. The average molecular weight is 182 g/mol. The number of thioether (sulfide) groups is 1. The van der Waals surface area contributed by atoms with Crippen LogP contribution in [0.15, 0.2) is 12.1 Å². The summed E-state index contributed by atoms with van der Waals surface area (Å²) >= 11 is 1.81. The fourth-order valence-corrected chi connectivity index (χ4v) is 1.68. The van der Waals surface area contributed by atoms with E-state index < -0.39 is 0 Å². The van der Waals surface area contributed by atoms with Gasteiger partial charge in [-0.1, -0.05) is 6.07 Å². The number of rotatable bonds is 3. The zero-order chi connectivity index (χ0) is 8.97. The van der Waals surface area contributed by atoms with Crippen LogP contribution in [-0.2, 0) is 12.3 Å². The molecule has 1 heterocycles. The van der Waals surface area contributed by atoms with E-state index in [2.05, 4.69) is 17.3 Å². The summed E-state index contributed by atoms with van der Waals surface area (Å²) in [6.07, 6.45) is 2.09. The van der Waals surface area contributed by atoms with Gasteiger partial charge in [-0.25, -0.2) is 0 Å². The van der Waals surface area contributed by atoms with Crippen LogP contribution in [0.1, 0.15) is 17.0 Å². The van der Waals surface area contributed by atoms with Crippen molar-refractivity contribution in [1.29, 1.82) is 0 Å². The molecular formula is C9H14N2S. The van der Waals surface area contributed by atoms with Gasteiger partial charge >= 0.3 is 0 Å². The van der Waals surface area contributed by atoms with E-state index in [1.54, 1.807) is 0 Å². The molecular weight excluding hydrogens is 168 g/mol. The summed E-state index contributed by atoms with van der Waals surface area (Å²) in [7, 11) is 0. The molecule has 2 N–H and O–H groups in total.